The molecule has 1 aliphatic carbocycles. The fourth-order valence-electron chi connectivity index (χ4n) is 3.66. The van der Waals surface area contributed by atoms with Crippen LogP contribution >= 0.6 is 0 Å². The third-order valence-electron chi connectivity index (χ3n) is 4.66. The summed E-state index contributed by atoms with van der Waals surface area (Å²) in [6.07, 6.45) is 6.57. The Morgan fingerprint density at radius 1 is 1.20 bits per heavy atom. The maximum absolute atomic E-state index is 5.97. The molecule has 0 aliphatic heterocycles. The number of ether oxygens (including phenoxy) is 1. The van der Waals surface area contributed by atoms with Crippen LogP contribution < -0.4 is 5.32 Å². The number of hydrogen-bond donors (Lipinski definition) is 1. The van der Waals surface area contributed by atoms with Crippen LogP contribution in [0.3, 0.4) is 0 Å². The molecule has 1 saturated carbocycles. The van der Waals surface area contributed by atoms with Crippen molar-refractivity contribution in [2.45, 2.75) is 37.3 Å². The van der Waals surface area contributed by atoms with E-state index in [0.29, 0.717) is 0 Å². The van der Waals surface area contributed by atoms with Crippen LogP contribution in [0.25, 0.3) is 10.9 Å². The SMILES string of the molecule is CNC(c1cccc2ncccc12)C1(OC)CCCC1. The molecule has 1 fully saturated rings. The molecular formula is C17H22N2O. The Balaban J connectivity index is 2.12. The lowest BCUT2D eigenvalue weighted by Gasteiger charge is -2.37. The average Bonchev–Trinajstić information content (AvgIpc) is 2.98. The Hall–Kier alpha value is -1.45. The highest BCUT2D eigenvalue weighted by atomic mass is 16.5. The van der Waals surface area contributed by atoms with Crippen LogP contribution in [-0.4, -0.2) is 24.7 Å². The minimum Gasteiger partial charge on any atom is -0.376 e. The van der Waals surface area contributed by atoms with Gasteiger partial charge in [-0.1, -0.05) is 31.0 Å². The number of rotatable bonds is 4. The number of nitrogens with one attached hydrogen (secondary N) is 1. The topological polar surface area (TPSA) is 34.2 Å². The molecule has 1 aromatic carbocycles. The number of hydrogen-bond acceptors (Lipinski definition) is 3. The number of methoxy groups -OCH3 is 1. The van der Waals surface area contributed by atoms with Gasteiger partial charge in [0.2, 0.25) is 0 Å². The predicted molar refractivity (Wildman–Crippen MR) is 81.8 cm³/mol. The van der Waals surface area contributed by atoms with E-state index in [1.54, 1.807) is 0 Å². The highest BCUT2D eigenvalue weighted by Gasteiger charge is 2.42. The summed E-state index contributed by atoms with van der Waals surface area (Å²) in [5.74, 6) is 0. The molecule has 0 bridgehead atoms. The van der Waals surface area contributed by atoms with E-state index in [9.17, 15) is 0 Å². The molecule has 106 valence electrons. The van der Waals surface area contributed by atoms with E-state index in [0.717, 1.165) is 18.4 Å². The molecule has 1 heterocycles. The second kappa shape index (κ2) is 5.51. The summed E-state index contributed by atoms with van der Waals surface area (Å²) in [6.45, 7) is 0. The molecule has 1 N–H and O–H groups in total. The highest BCUT2D eigenvalue weighted by molar-refractivity contribution is 5.82. The van der Waals surface area contributed by atoms with E-state index in [1.165, 1.54) is 23.8 Å². The quantitative estimate of drug-likeness (QED) is 0.924. The van der Waals surface area contributed by atoms with Gasteiger partial charge >= 0.3 is 0 Å². The van der Waals surface area contributed by atoms with E-state index < -0.39 is 0 Å². The fourth-order valence-corrected chi connectivity index (χ4v) is 3.66. The first-order chi connectivity index (χ1) is 9.80. The molecule has 3 rings (SSSR count). The summed E-state index contributed by atoms with van der Waals surface area (Å²) in [7, 11) is 3.87. The van der Waals surface area contributed by atoms with Crippen LogP contribution in [0.2, 0.25) is 0 Å². The molecule has 0 saturated heterocycles. The summed E-state index contributed by atoms with van der Waals surface area (Å²) in [4.78, 5) is 4.47. The zero-order valence-electron chi connectivity index (χ0n) is 12.2. The highest BCUT2D eigenvalue weighted by Crippen LogP contribution is 2.43. The summed E-state index contributed by atoms with van der Waals surface area (Å²) < 4.78 is 5.97. The second-order valence-electron chi connectivity index (χ2n) is 5.62. The molecular weight excluding hydrogens is 248 g/mol. The van der Waals surface area contributed by atoms with Crippen molar-refractivity contribution in [1.29, 1.82) is 0 Å². The average molecular weight is 270 g/mol. The van der Waals surface area contributed by atoms with Crippen molar-refractivity contribution in [2.24, 2.45) is 0 Å². The number of nitrogens with zero attached hydrogens (tertiary/aromatic N) is 1. The van der Waals surface area contributed by atoms with Gasteiger partial charge in [0.05, 0.1) is 17.2 Å². The van der Waals surface area contributed by atoms with Crippen molar-refractivity contribution in [2.75, 3.05) is 14.2 Å². The summed E-state index contributed by atoms with van der Waals surface area (Å²) >= 11 is 0. The first-order valence-corrected chi connectivity index (χ1v) is 7.37. The minimum absolute atomic E-state index is 0.0844. The van der Waals surface area contributed by atoms with Crippen molar-refractivity contribution >= 4 is 10.9 Å². The molecule has 1 unspecified atom stereocenters. The summed E-state index contributed by atoms with van der Waals surface area (Å²) in [5.41, 5.74) is 2.26. The first kappa shape index (κ1) is 13.5. The number of fused-ring (bicyclic) bond motifs is 1. The standard InChI is InChI=1S/C17H22N2O/c1-18-16(17(20-2)10-3-4-11-17)14-7-5-9-15-13(14)8-6-12-19-15/h5-9,12,16,18H,3-4,10-11H2,1-2H3. The number of likely N-dealkylation sites (N-methyl/N-ethyl adjacent to an activating group) is 1. The molecule has 1 atom stereocenters. The van der Waals surface area contributed by atoms with Gasteiger partial charge in [0.25, 0.3) is 0 Å². The lowest BCUT2D eigenvalue weighted by Crippen LogP contribution is -2.42. The Morgan fingerprint density at radius 3 is 2.70 bits per heavy atom. The molecule has 0 amide bonds. The van der Waals surface area contributed by atoms with E-state index in [-0.39, 0.29) is 11.6 Å². The molecule has 3 nitrogen and oxygen atoms in total. The van der Waals surface area contributed by atoms with Gasteiger partial charge in [-0.2, -0.15) is 0 Å². The van der Waals surface area contributed by atoms with Crippen LogP contribution in [0.4, 0.5) is 0 Å². The van der Waals surface area contributed by atoms with Gasteiger partial charge in [-0.3, -0.25) is 4.98 Å². The Kier molecular flexibility index (Phi) is 3.72. The molecule has 1 aliphatic rings. The normalized spacial score (nSPS) is 19.3. The zero-order chi connectivity index (χ0) is 14.0. The lowest BCUT2D eigenvalue weighted by atomic mass is 9.85. The number of aromatic nitrogens is 1. The molecule has 0 spiro atoms. The Labute approximate surface area is 120 Å². The second-order valence-corrected chi connectivity index (χ2v) is 5.62. The summed E-state index contributed by atoms with van der Waals surface area (Å²) in [5, 5.41) is 4.71. The molecule has 3 heteroatoms. The van der Waals surface area contributed by atoms with Gasteiger partial charge in [0, 0.05) is 18.7 Å². The van der Waals surface area contributed by atoms with E-state index in [1.807, 2.05) is 26.4 Å². The number of benzene rings is 1. The van der Waals surface area contributed by atoms with Gasteiger partial charge in [-0.05, 0) is 37.6 Å². The van der Waals surface area contributed by atoms with Crippen molar-refractivity contribution in [3.63, 3.8) is 0 Å². The van der Waals surface area contributed by atoms with E-state index >= 15 is 0 Å². The largest absolute Gasteiger partial charge is 0.376 e. The van der Waals surface area contributed by atoms with E-state index in [2.05, 4.69) is 34.6 Å². The van der Waals surface area contributed by atoms with Crippen LogP contribution in [0.1, 0.15) is 37.3 Å². The van der Waals surface area contributed by atoms with Crippen LogP contribution in [0.5, 0.6) is 0 Å². The van der Waals surface area contributed by atoms with Crippen LogP contribution in [0.15, 0.2) is 36.5 Å². The molecule has 0 radical (unpaired) electrons. The van der Waals surface area contributed by atoms with Gasteiger partial charge in [0.1, 0.15) is 0 Å². The summed E-state index contributed by atoms with van der Waals surface area (Å²) in [6, 6.07) is 10.7. The van der Waals surface area contributed by atoms with Gasteiger partial charge in [-0.25, -0.2) is 0 Å². The van der Waals surface area contributed by atoms with Crippen LogP contribution in [0, 0.1) is 0 Å². The molecule has 20 heavy (non-hydrogen) atoms. The van der Waals surface area contributed by atoms with Gasteiger partial charge in [-0.15, -0.1) is 0 Å². The van der Waals surface area contributed by atoms with Gasteiger partial charge in [0.15, 0.2) is 0 Å². The Bertz CT molecular complexity index is 585. The first-order valence-electron chi connectivity index (χ1n) is 7.37. The van der Waals surface area contributed by atoms with E-state index in [4.69, 9.17) is 4.74 Å². The maximum Gasteiger partial charge on any atom is 0.0872 e. The van der Waals surface area contributed by atoms with Crippen LogP contribution in [-0.2, 0) is 4.74 Å². The van der Waals surface area contributed by atoms with Crippen molar-refractivity contribution in [3.05, 3.63) is 42.1 Å². The third kappa shape index (κ3) is 2.11. The van der Waals surface area contributed by atoms with Gasteiger partial charge < -0.3 is 10.1 Å². The predicted octanol–water partition coefficient (Wildman–Crippen LogP) is 3.45. The lowest BCUT2D eigenvalue weighted by molar-refractivity contribution is -0.0345. The number of pyridine rings is 1. The molecule has 1 aromatic heterocycles. The fraction of sp³-hybridized carbons (Fsp3) is 0.471. The zero-order valence-corrected chi connectivity index (χ0v) is 12.2. The smallest absolute Gasteiger partial charge is 0.0872 e. The van der Waals surface area contributed by atoms with Crippen molar-refractivity contribution < 1.29 is 4.74 Å². The monoisotopic (exact) mass is 270 g/mol. The third-order valence-corrected chi connectivity index (χ3v) is 4.66. The van der Waals surface area contributed by atoms with Crippen molar-refractivity contribution in [3.8, 4) is 0 Å². The Morgan fingerprint density at radius 2 is 2.00 bits per heavy atom. The minimum atomic E-state index is -0.0844. The maximum atomic E-state index is 5.97. The molecule has 2 aromatic rings. The van der Waals surface area contributed by atoms with Crippen molar-refractivity contribution in [1.82, 2.24) is 10.3 Å².